The molecule has 0 amide bonds. The number of ether oxygens (including phenoxy) is 3. The molecule has 1 rings (SSSR count). The molecule has 0 aliphatic carbocycles. The van der Waals surface area contributed by atoms with E-state index in [2.05, 4.69) is 14.2 Å². The van der Waals surface area contributed by atoms with Gasteiger partial charge in [0, 0.05) is 26.8 Å². The molecular weight excluding hydrogens is 272 g/mol. The Kier molecular flexibility index (Phi) is 4.52. The number of phenolic OH excluding ortho intramolecular Hbond substituents is 2. The van der Waals surface area contributed by atoms with Crippen molar-refractivity contribution in [3.8, 4) is 28.7 Å². The van der Waals surface area contributed by atoms with Crippen LogP contribution in [0.2, 0.25) is 0 Å². The molecule has 2 N–H and O–H groups in total. The van der Waals surface area contributed by atoms with Gasteiger partial charge in [-0.1, -0.05) is 0 Å². The Morgan fingerprint density at radius 3 is 1.75 bits per heavy atom. The first-order chi connectivity index (χ1) is 9.22. The molecule has 0 saturated carbocycles. The van der Waals surface area contributed by atoms with Gasteiger partial charge in [0.05, 0.1) is 0 Å². The van der Waals surface area contributed by atoms with Crippen LogP contribution >= 0.6 is 0 Å². The summed E-state index contributed by atoms with van der Waals surface area (Å²) < 4.78 is 13.9. The van der Waals surface area contributed by atoms with Gasteiger partial charge in [-0.2, -0.15) is 0 Å². The minimum atomic E-state index is -0.840. The van der Waals surface area contributed by atoms with E-state index < -0.39 is 46.7 Å². The van der Waals surface area contributed by atoms with Crippen molar-refractivity contribution in [3.05, 3.63) is 6.07 Å². The minimum Gasteiger partial charge on any atom is -0.504 e. The fraction of sp³-hybridized carbons (Fsp3) is 0.250. The predicted octanol–water partition coefficient (Wildman–Crippen LogP) is 0.874. The summed E-state index contributed by atoms with van der Waals surface area (Å²) in [6.45, 7) is 3.16. The smallest absolute Gasteiger partial charge is 0.308 e. The summed E-state index contributed by atoms with van der Waals surface area (Å²) >= 11 is 0. The van der Waals surface area contributed by atoms with Crippen molar-refractivity contribution in [2.75, 3.05) is 0 Å². The summed E-state index contributed by atoms with van der Waals surface area (Å²) in [4.78, 5) is 32.8. The topological polar surface area (TPSA) is 119 Å². The zero-order valence-corrected chi connectivity index (χ0v) is 10.9. The summed E-state index contributed by atoms with van der Waals surface area (Å²) in [6.07, 6.45) is 0. The van der Waals surface area contributed by atoms with Gasteiger partial charge in [0.25, 0.3) is 0 Å². The van der Waals surface area contributed by atoms with Crippen LogP contribution in [0.15, 0.2) is 6.07 Å². The van der Waals surface area contributed by atoms with Gasteiger partial charge in [0.1, 0.15) is 0 Å². The molecule has 0 fully saturated rings. The van der Waals surface area contributed by atoms with E-state index in [0.717, 1.165) is 26.8 Å². The fourth-order valence-corrected chi connectivity index (χ4v) is 1.31. The van der Waals surface area contributed by atoms with Crippen LogP contribution in [0.1, 0.15) is 20.8 Å². The number of phenols is 2. The molecule has 0 spiro atoms. The largest absolute Gasteiger partial charge is 0.504 e. The third-order valence-electron chi connectivity index (χ3n) is 1.90. The van der Waals surface area contributed by atoms with Crippen molar-refractivity contribution in [1.29, 1.82) is 0 Å². The molecule has 1 aromatic rings. The summed E-state index contributed by atoms with van der Waals surface area (Å²) in [5.74, 6) is -5.45. The SMILES string of the molecule is CC(=O)Oc1cc(O)c(OC(C)=O)c(OC(C)=O)c1O. The molecule has 0 aromatic heterocycles. The lowest BCUT2D eigenvalue weighted by atomic mass is 10.2. The number of hydrogen-bond donors (Lipinski definition) is 2. The molecule has 0 saturated heterocycles. The second-order valence-electron chi connectivity index (χ2n) is 3.68. The minimum absolute atomic E-state index is 0.442. The van der Waals surface area contributed by atoms with Crippen LogP contribution in [0.3, 0.4) is 0 Å². The second-order valence-corrected chi connectivity index (χ2v) is 3.68. The average Bonchev–Trinajstić information content (AvgIpc) is 2.28. The number of hydrogen-bond acceptors (Lipinski definition) is 8. The first-order valence-electron chi connectivity index (χ1n) is 5.36. The van der Waals surface area contributed by atoms with Crippen LogP contribution in [0.4, 0.5) is 0 Å². The van der Waals surface area contributed by atoms with Gasteiger partial charge in [0.2, 0.25) is 17.2 Å². The third-order valence-corrected chi connectivity index (χ3v) is 1.90. The highest BCUT2D eigenvalue weighted by Gasteiger charge is 2.25. The van der Waals surface area contributed by atoms with Crippen molar-refractivity contribution in [2.24, 2.45) is 0 Å². The first-order valence-corrected chi connectivity index (χ1v) is 5.36. The molecule has 20 heavy (non-hydrogen) atoms. The lowest BCUT2D eigenvalue weighted by Gasteiger charge is -2.14. The molecule has 8 nitrogen and oxygen atoms in total. The quantitative estimate of drug-likeness (QED) is 0.476. The summed E-state index contributed by atoms with van der Waals surface area (Å²) in [6, 6.07) is 0.849. The molecule has 0 aliphatic heterocycles. The van der Waals surface area contributed by atoms with Gasteiger partial charge < -0.3 is 24.4 Å². The van der Waals surface area contributed by atoms with Crippen molar-refractivity contribution in [1.82, 2.24) is 0 Å². The molecular formula is C12H12O8. The van der Waals surface area contributed by atoms with E-state index in [4.69, 9.17) is 0 Å². The van der Waals surface area contributed by atoms with Crippen LogP contribution in [0.5, 0.6) is 28.7 Å². The number of carbonyl (C=O) groups is 3. The molecule has 0 heterocycles. The van der Waals surface area contributed by atoms with Gasteiger partial charge in [-0.15, -0.1) is 0 Å². The van der Waals surface area contributed by atoms with E-state index in [1.54, 1.807) is 0 Å². The molecule has 0 bridgehead atoms. The number of benzene rings is 1. The van der Waals surface area contributed by atoms with E-state index in [1.807, 2.05) is 0 Å². The van der Waals surface area contributed by atoms with Gasteiger partial charge in [-0.3, -0.25) is 14.4 Å². The standard InChI is InChI=1S/C12H12O8/c1-5(13)18-9-4-8(16)11(19-6(2)14)12(10(9)17)20-7(3)15/h4,16-17H,1-3H3. The highest BCUT2D eigenvalue weighted by Crippen LogP contribution is 2.49. The monoisotopic (exact) mass is 284 g/mol. The van der Waals surface area contributed by atoms with E-state index in [1.165, 1.54) is 0 Å². The highest BCUT2D eigenvalue weighted by molar-refractivity contribution is 5.80. The van der Waals surface area contributed by atoms with E-state index in [9.17, 15) is 24.6 Å². The predicted molar refractivity (Wildman–Crippen MR) is 63.7 cm³/mol. The zero-order valence-electron chi connectivity index (χ0n) is 10.9. The van der Waals surface area contributed by atoms with Crippen molar-refractivity contribution in [3.63, 3.8) is 0 Å². The molecule has 0 aliphatic rings. The summed E-state index contributed by atoms with van der Waals surface area (Å²) in [5.41, 5.74) is 0. The Hall–Kier alpha value is -2.77. The Morgan fingerprint density at radius 1 is 0.850 bits per heavy atom. The maximum absolute atomic E-state index is 11.0. The van der Waals surface area contributed by atoms with Crippen molar-refractivity contribution in [2.45, 2.75) is 20.8 Å². The average molecular weight is 284 g/mol. The van der Waals surface area contributed by atoms with E-state index >= 15 is 0 Å². The Balaban J connectivity index is 3.43. The number of carbonyl (C=O) groups excluding carboxylic acids is 3. The Morgan fingerprint density at radius 2 is 1.30 bits per heavy atom. The zero-order chi connectivity index (χ0) is 15.4. The maximum atomic E-state index is 11.0. The molecule has 108 valence electrons. The lowest BCUT2D eigenvalue weighted by molar-refractivity contribution is -0.135. The Labute approximate surface area is 113 Å². The van der Waals surface area contributed by atoms with E-state index in [0.29, 0.717) is 0 Å². The van der Waals surface area contributed by atoms with Gasteiger partial charge in [0.15, 0.2) is 11.5 Å². The van der Waals surface area contributed by atoms with Crippen molar-refractivity contribution >= 4 is 17.9 Å². The number of rotatable bonds is 3. The first kappa shape index (κ1) is 15.3. The highest BCUT2D eigenvalue weighted by atomic mass is 16.6. The fourth-order valence-electron chi connectivity index (χ4n) is 1.31. The van der Waals surface area contributed by atoms with Crippen LogP contribution in [0.25, 0.3) is 0 Å². The Bertz CT molecular complexity index is 575. The lowest BCUT2D eigenvalue weighted by Crippen LogP contribution is -2.09. The third kappa shape index (κ3) is 3.61. The van der Waals surface area contributed by atoms with E-state index in [-0.39, 0.29) is 0 Å². The van der Waals surface area contributed by atoms with Crippen LogP contribution in [-0.2, 0) is 14.4 Å². The second kappa shape index (κ2) is 5.91. The normalized spacial score (nSPS) is 9.75. The number of aromatic hydroxyl groups is 2. The van der Waals surface area contributed by atoms with Gasteiger partial charge >= 0.3 is 17.9 Å². The number of esters is 3. The van der Waals surface area contributed by atoms with Crippen LogP contribution < -0.4 is 14.2 Å². The van der Waals surface area contributed by atoms with Crippen molar-refractivity contribution < 1.29 is 38.8 Å². The maximum Gasteiger partial charge on any atom is 0.308 e. The summed E-state index contributed by atoms with van der Waals surface area (Å²) in [5, 5.41) is 19.5. The molecule has 8 heteroatoms. The molecule has 0 radical (unpaired) electrons. The summed E-state index contributed by atoms with van der Waals surface area (Å²) in [7, 11) is 0. The van der Waals surface area contributed by atoms with Crippen LogP contribution in [-0.4, -0.2) is 28.1 Å². The van der Waals surface area contributed by atoms with Gasteiger partial charge in [-0.25, -0.2) is 0 Å². The molecule has 0 atom stereocenters. The van der Waals surface area contributed by atoms with Gasteiger partial charge in [-0.05, 0) is 0 Å². The molecule has 1 aromatic carbocycles. The molecule has 0 unspecified atom stereocenters. The van der Waals surface area contributed by atoms with Crippen LogP contribution in [0, 0.1) is 0 Å².